The van der Waals surface area contributed by atoms with Gasteiger partial charge in [-0.1, -0.05) is 37.3 Å². The van der Waals surface area contributed by atoms with E-state index in [9.17, 15) is 15.0 Å². The molecule has 0 aliphatic heterocycles. The van der Waals surface area contributed by atoms with E-state index in [0.717, 1.165) is 11.3 Å². The first-order chi connectivity index (χ1) is 11.1. The predicted molar refractivity (Wildman–Crippen MR) is 85.3 cm³/mol. The number of pyridine rings is 1. The van der Waals surface area contributed by atoms with Crippen LogP contribution in [0.15, 0.2) is 59.5 Å². The number of H-pyrrole nitrogens is 1. The largest absolute Gasteiger partial charge is 0.364 e. The third-order valence-corrected chi connectivity index (χ3v) is 3.80. The quantitative estimate of drug-likeness (QED) is 0.640. The summed E-state index contributed by atoms with van der Waals surface area (Å²) in [6, 6.07) is 14.3. The molecule has 1 aromatic carbocycles. The van der Waals surface area contributed by atoms with Gasteiger partial charge in [0.1, 0.15) is 0 Å². The van der Waals surface area contributed by atoms with Crippen LogP contribution in [-0.2, 0) is 0 Å². The molecule has 0 radical (unpaired) electrons. The molecule has 3 aromatic rings. The molecule has 23 heavy (non-hydrogen) atoms. The van der Waals surface area contributed by atoms with E-state index in [1.165, 1.54) is 29.1 Å². The highest BCUT2D eigenvalue weighted by Gasteiger charge is 2.14. The number of benzene rings is 1. The maximum atomic E-state index is 12.2. The summed E-state index contributed by atoms with van der Waals surface area (Å²) in [6.45, 7) is 2.01. The summed E-state index contributed by atoms with van der Waals surface area (Å²) in [6.07, 6.45) is -0.178. The van der Waals surface area contributed by atoms with Crippen LogP contribution >= 0.6 is 0 Å². The van der Waals surface area contributed by atoms with Crippen molar-refractivity contribution in [3.05, 3.63) is 81.9 Å². The van der Waals surface area contributed by atoms with Crippen molar-refractivity contribution in [1.29, 1.82) is 0 Å². The molecule has 1 unspecified atom stereocenters. The summed E-state index contributed by atoms with van der Waals surface area (Å²) in [5.74, 6) is 0.337. The lowest BCUT2D eigenvalue weighted by Crippen LogP contribution is -2.15. The molecule has 0 aliphatic carbocycles. The van der Waals surface area contributed by atoms with Crippen molar-refractivity contribution in [2.75, 3.05) is 0 Å². The minimum Gasteiger partial charge on any atom is -0.364 e. The standard InChI is InChI=1S/C17H17N3O3/c1-11(12-5-3-2-4-6-12)14-10-16(21)20(19-14)15-9-13(17(22)23)7-8-18-15/h2-11,17,19,22-23H,1H3. The Labute approximate surface area is 132 Å². The number of nitrogens with zero attached hydrogens (tertiary/aromatic N) is 2. The normalized spacial score (nSPS) is 12.5. The van der Waals surface area contributed by atoms with Crippen LogP contribution in [0.5, 0.6) is 0 Å². The summed E-state index contributed by atoms with van der Waals surface area (Å²) in [4.78, 5) is 16.3. The van der Waals surface area contributed by atoms with Gasteiger partial charge in [-0.05, 0) is 17.7 Å². The fourth-order valence-corrected chi connectivity index (χ4v) is 2.44. The molecule has 0 fully saturated rings. The molecule has 2 heterocycles. The number of rotatable bonds is 4. The van der Waals surface area contributed by atoms with Crippen molar-refractivity contribution >= 4 is 0 Å². The van der Waals surface area contributed by atoms with Crippen LogP contribution in [-0.4, -0.2) is 25.0 Å². The zero-order chi connectivity index (χ0) is 16.4. The summed E-state index contributed by atoms with van der Waals surface area (Å²) in [5.41, 5.74) is 1.88. The summed E-state index contributed by atoms with van der Waals surface area (Å²) in [5, 5.41) is 21.5. The lowest BCUT2D eigenvalue weighted by Gasteiger charge is -2.10. The van der Waals surface area contributed by atoms with E-state index >= 15 is 0 Å². The summed E-state index contributed by atoms with van der Waals surface area (Å²) >= 11 is 0. The average molecular weight is 311 g/mol. The first kappa shape index (κ1) is 15.2. The Morgan fingerprint density at radius 2 is 1.83 bits per heavy atom. The minimum absolute atomic E-state index is 0.0248. The SMILES string of the molecule is CC(c1ccccc1)c1cc(=O)n(-c2cc(C(O)O)ccn2)[nH]1. The van der Waals surface area contributed by atoms with Gasteiger partial charge in [0.15, 0.2) is 12.1 Å². The molecule has 0 saturated heterocycles. The van der Waals surface area contributed by atoms with E-state index in [1.54, 1.807) is 0 Å². The topological polar surface area (TPSA) is 91.1 Å². The number of aromatic amines is 1. The molecule has 118 valence electrons. The van der Waals surface area contributed by atoms with Crippen molar-refractivity contribution in [2.45, 2.75) is 19.1 Å². The molecule has 0 spiro atoms. The smallest absolute Gasteiger partial charge is 0.272 e. The van der Waals surface area contributed by atoms with E-state index < -0.39 is 6.29 Å². The molecule has 0 bridgehead atoms. The molecule has 6 nitrogen and oxygen atoms in total. The van der Waals surface area contributed by atoms with Gasteiger partial charge in [0.2, 0.25) is 0 Å². The maximum Gasteiger partial charge on any atom is 0.272 e. The van der Waals surface area contributed by atoms with Gasteiger partial charge >= 0.3 is 0 Å². The second-order valence-corrected chi connectivity index (χ2v) is 5.34. The van der Waals surface area contributed by atoms with E-state index in [-0.39, 0.29) is 17.0 Å². The second-order valence-electron chi connectivity index (χ2n) is 5.34. The first-order valence-corrected chi connectivity index (χ1v) is 7.25. The third-order valence-electron chi connectivity index (χ3n) is 3.80. The van der Waals surface area contributed by atoms with Crippen molar-refractivity contribution in [3.8, 4) is 5.82 Å². The number of aromatic nitrogens is 3. The number of aliphatic hydroxyl groups is 2. The van der Waals surface area contributed by atoms with Crippen LogP contribution in [0.2, 0.25) is 0 Å². The monoisotopic (exact) mass is 311 g/mol. The fourth-order valence-electron chi connectivity index (χ4n) is 2.44. The van der Waals surface area contributed by atoms with Crippen LogP contribution in [0.25, 0.3) is 5.82 Å². The van der Waals surface area contributed by atoms with E-state index in [0.29, 0.717) is 5.82 Å². The Balaban J connectivity index is 1.99. The maximum absolute atomic E-state index is 12.2. The van der Waals surface area contributed by atoms with Crippen LogP contribution in [0.3, 0.4) is 0 Å². The molecule has 0 aliphatic rings. The second kappa shape index (κ2) is 6.20. The molecule has 0 saturated carbocycles. The lowest BCUT2D eigenvalue weighted by molar-refractivity contribution is -0.0425. The number of aliphatic hydroxyl groups excluding tert-OH is 1. The van der Waals surface area contributed by atoms with Gasteiger partial charge < -0.3 is 10.2 Å². The van der Waals surface area contributed by atoms with Gasteiger partial charge in [-0.3, -0.25) is 9.89 Å². The minimum atomic E-state index is -1.61. The highest BCUT2D eigenvalue weighted by molar-refractivity contribution is 5.31. The van der Waals surface area contributed by atoms with Gasteiger partial charge in [0, 0.05) is 29.4 Å². The zero-order valence-electron chi connectivity index (χ0n) is 12.5. The van der Waals surface area contributed by atoms with Crippen LogP contribution in [0.4, 0.5) is 0 Å². The highest BCUT2D eigenvalue weighted by Crippen LogP contribution is 2.21. The van der Waals surface area contributed by atoms with Crippen LogP contribution < -0.4 is 5.56 Å². The Kier molecular flexibility index (Phi) is 4.10. The molecule has 2 aromatic heterocycles. The molecule has 3 N–H and O–H groups in total. The van der Waals surface area contributed by atoms with Gasteiger partial charge in [-0.2, -0.15) is 0 Å². The van der Waals surface area contributed by atoms with Crippen molar-refractivity contribution in [3.63, 3.8) is 0 Å². The molecule has 1 atom stereocenters. The zero-order valence-corrected chi connectivity index (χ0v) is 12.5. The summed E-state index contributed by atoms with van der Waals surface area (Å²) in [7, 11) is 0. The number of hydrogen-bond donors (Lipinski definition) is 3. The van der Waals surface area contributed by atoms with Gasteiger partial charge in [0.05, 0.1) is 0 Å². The first-order valence-electron chi connectivity index (χ1n) is 7.25. The van der Waals surface area contributed by atoms with Gasteiger partial charge in [0.25, 0.3) is 5.56 Å². The Bertz CT molecular complexity index is 853. The van der Waals surface area contributed by atoms with E-state index in [1.807, 2.05) is 37.3 Å². The lowest BCUT2D eigenvalue weighted by atomic mass is 9.98. The molecule has 0 amide bonds. The highest BCUT2D eigenvalue weighted by atomic mass is 16.5. The molecular formula is C17H17N3O3. The van der Waals surface area contributed by atoms with E-state index in [2.05, 4.69) is 10.1 Å². The average Bonchev–Trinajstić information content (AvgIpc) is 2.97. The number of hydrogen-bond acceptors (Lipinski definition) is 4. The third kappa shape index (κ3) is 3.08. The van der Waals surface area contributed by atoms with Gasteiger partial charge in [-0.15, -0.1) is 0 Å². The van der Waals surface area contributed by atoms with Crippen LogP contribution in [0, 0.1) is 0 Å². The Morgan fingerprint density at radius 3 is 2.52 bits per heavy atom. The fraction of sp³-hybridized carbons (Fsp3) is 0.176. The van der Waals surface area contributed by atoms with Crippen molar-refractivity contribution in [1.82, 2.24) is 14.8 Å². The molecule has 3 rings (SSSR count). The molecule has 6 heteroatoms. The Morgan fingerprint density at radius 1 is 1.09 bits per heavy atom. The van der Waals surface area contributed by atoms with Crippen LogP contribution in [0.1, 0.15) is 36.0 Å². The molecular weight excluding hydrogens is 294 g/mol. The van der Waals surface area contributed by atoms with E-state index in [4.69, 9.17) is 0 Å². The van der Waals surface area contributed by atoms with Gasteiger partial charge in [-0.25, -0.2) is 9.67 Å². The Hall–Kier alpha value is -2.70. The predicted octanol–water partition coefficient (Wildman–Crippen LogP) is 1.70. The number of nitrogens with one attached hydrogen (secondary N) is 1. The summed E-state index contributed by atoms with van der Waals surface area (Å²) < 4.78 is 1.29. The van der Waals surface area contributed by atoms with Crippen molar-refractivity contribution < 1.29 is 10.2 Å². The van der Waals surface area contributed by atoms with Crippen molar-refractivity contribution in [2.24, 2.45) is 0 Å².